The van der Waals surface area contributed by atoms with Crippen LogP contribution in [0.25, 0.3) is 0 Å². The number of aromatic nitrogens is 1. The van der Waals surface area contributed by atoms with Gasteiger partial charge in [0.05, 0.1) is 22.4 Å². The molecule has 2 unspecified atom stereocenters. The summed E-state index contributed by atoms with van der Waals surface area (Å²) in [6, 6.07) is 15.3. The van der Waals surface area contributed by atoms with Crippen molar-refractivity contribution in [1.29, 1.82) is 5.26 Å². The van der Waals surface area contributed by atoms with Crippen LogP contribution in [0.3, 0.4) is 0 Å². The van der Waals surface area contributed by atoms with E-state index in [1.165, 1.54) is 6.07 Å². The van der Waals surface area contributed by atoms with Gasteiger partial charge in [-0.3, -0.25) is 14.5 Å². The summed E-state index contributed by atoms with van der Waals surface area (Å²) < 4.78 is 11.8. The number of nitriles is 1. The molecule has 1 aromatic heterocycles. The van der Waals surface area contributed by atoms with Crippen LogP contribution in [0.5, 0.6) is 11.5 Å². The number of hydrogen-bond acceptors (Lipinski definition) is 6. The molecule has 3 aromatic rings. The van der Waals surface area contributed by atoms with Crippen molar-refractivity contribution >= 4 is 40.8 Å². The topological polar surface area (TPSA) is 119 Å². The predicted molar refractivity (Wildman–Crippen MR) is 138 cm³/mol. The Morgan fingerprint density at radius 2 is 2.05 bits per heavy atom. The maximum Gasteiger partial charge on any atom is 0.248 e. The predicted octanol–water partition coefficient (Wildman–Crippen LogP) is 5.52. The zero-order valence-electron chi connectivity index (χ0n) is 19.6. The first kappa shape index (κ1) is 25.0. The number of nitrogens with two attached hydrogens (primary N) is 1. The Morgan fingerprint density at radius 1 is 1.22 bits per heavy atom. The average Bonchev–Trinajstić information content (AvgIpc) is 3.55. The van der Waals surface area contributed by atoms with Crippen molar-refractivity contribution in [3.8, 4) is 17.6 Å². The highest BCUT2D eigenvalue weighted by Gasteiger charge is 2.35. The number of rotatable bonds is 6. The van der Waals surface area contributed by atoms with Crippen LogP contribution in [0.4, 0.5) is 5.82 Å². The Labute approximate surface area is 223 Å². The van der Waals surface area contributed by atoms with Gasteiger partial charge in [-0.1, -0.05) is 35.3 Å². The molecule has 0 radical (unpaired) electrons. The third-order valence-electron chi connectivity index (χ3n) is 6.49. The van der Waals surface area contributed by atoms with Gasteiger partial charge in [0, 0.05) is 41.6 Å². The first-order valence-electron chi connectivity index (χ1n) is 11.7. The SMILES string of the molecule is N#Cc1cccc(Cl)c1Oc1cc(Cl)ccc1C1CC(=O)N(c2cc(C(N)=O)cc(C3CCCO3)n2)C1. The number of pyridine rings is 1. The molecule has 37 heavy (non-hydrogen) atoms. The highest BCUT2D eigenvalue weighted by atomic mass is 35.5. The molecule has 2 aromatic carbocycles. The van der Waals surface area contributed by atoms with Crippen LogP contribution in [0.15, 0.2) is 48.5 Å². The Bertz CT molecular complexity index is 1430. The monoisotopic (exact) mass is 536 g/mol. The molecule has 0 bridgehead atoms. The molecule has 8 nitrogen and oxygen atoms in total. The Balaban J connectivity index is 1.48. The number of amides is 2. The van der Waals surface area contributed by atoms with Crippen molar-refractivity contribution < 1.29 is 19.1 Å². The third kappa shape index (κ3) is 5.12. The highest BCUT2D eigenvalue weighted by molar-refractivity contribution is 6.32. The van der Waals surface area contributed by atoms with Crippen LogP contribution in [-0.4, -0.2) is 29.9 Å². The van der Waals surface area contributed by atoms with Crippen molar-refractivity contribution in [3.05, 3.63) is 81.0 Å². The van der Waals surface area contributed by atoms with E-state index in [4.69, 9.17) is 38.4 Å². The summed E-state index contributed by atoms with van der Waals surface area (Å²) >= 11 is 12.6. The lowest BCUT2D eigenvalue weighted by molar-refractivity contribution is -0.117. The fraction of sp³-hybridized carbons (Fsp3) is 0.259. The van der Waals surface area contributed by atoms with Gasteiger partial charge in [0.1, 0.15) is 17.6 Å². The number of nitrogens with zero attached hydrogens (tertiary/aromatic N) is 3. The molecule has 2 atom stereocenters. The van der Waals surface area contributed by atoms with Gasteiger partial charge >= 0.3 is 0 Å². The van der Waals surface area contributed by atoms with Crippen molar-refractivity contribution in [3.63, 3.8) is 0 Å². The summed E-state index contributed by atoms with van der Waals surface area (Å²) in [6.07, 6.45) is 1.62. The summed E-state index contributed by atoms with van der Waals surface area (Å²) in [5.41, 5.74) is 7.43. The molecule has 2 amide bonds. The van der Waals surface area contributed by atoms with Crippen LogP contribution >= 0.6 is 23.2 Å². The molecule has 5 rings (SSSR count). The number of anilines is 1. The van der Waals surface area contributed by atoms with E-state index >= 15 is 0 Å². The average molecular weight is 537 g/mol. The highest BCUT2D eigenvalue weighted by Crippen LogP contribution is 2.41. The van der Waals surface area contributed by atoms with E-state index < -0.39 is 5.91 Å². The third-order valence-corrected chi connectivity index (χ3v) is 7.02. The number of halogens is 2. The second kappa shape index (κ2) is 10.4. The standard InChI is InChI=1S/C27H22Cl2N4O4/c28-18-6-7-19(23(12-18)37-26-15(13-30)3-1-4-20(26)29)17-11-25(34)33(14-17)24-10-16(27(31)35)9-21(32-24)22-5-2-8-36-22/h1,3-4,6-7,9-10,12,17,22H,2,5,8,11,14H2,(H2,31,35). The number of carbonyl (C=O) groups excluding carboxylic acids is 2. The second-order valence-corrected chi connectivity index (χ2v) is 9.77. The van der Waals surface area contributed by atoms with Crippen molar-refractivity contribution in [2.24, 2.45) is 5.73 Å². The van der Waals surface area contributed by atoms with E-state index in [9.17, 15) is 14.9 Å². The van der Waals surface area contributed by atoms with Gasteiger partial charge in [0.25, 0.3) is 0 Å². The molecular weight excluding hydrogens is 515 g/mol. The molecule has 3 heterocycles. The molecule has 2 saturated heterocycles. The number of primary amides is 1. The largest absolute Gasteiger partial charge is 0.454 e. The van der Waals surface area contributed by atoms with Crippen molar-refractivity contribution in [2.75, 3.05) is 18.1 Å². The lowest BCUT2D eigenvalue weighted by Gasteiger charge is -2.20. The van der Waals surface area contributed by atoms with Crippen LogP contribution in [-0.2, 0) is 9.53 Å². The minimum Gasteiger partial charge on any atom is -0.454 e. The summed E-state index contributed by atoms with van der Waals surface area (Å²) in [5.74, 6) is -0.0630. The van der Waals surface area contributed by atoms with E-state index in [0.717, 1.165) is 18.4 Å². The second-order valence-electron chi connectivity index (χ2n) is 8.92. The lowest BCUT2D eigenvalue weighted by Crippen LogP contribution is -2.27. The lowest BCUT2D eigenvalue weighted by atomic mass is 9.97. The zero-order valence-corrected chi connectivity index (χ0v) is 21.1. The number of para-hydroxylation sites is 1. The van der Waals surface area contributed by atoms with E-state index in [1.807, 2.05) is 0 Å². The molecule has 2 N–H and O–H groups in total. The molecule has 10 heteroatoms. The van der Waals surface area contributed by atoms with Crippen LogP contribution in [0, 0.1) is 11.3 Å². The minimum atomic E-state index is -0.604. The normalized spacial score (nSPS) is 19.2. The fourth-order valence-corrected chi connectivity index (χ4v) is 5.05. The fourth-order valence-electron chi connectivity index (χ4n) is 4.68. The molecule has 188 valence electrons. The van der Waals surface area contributed by atoms with Gasteiger partial charge in [-0.2, -0.15) is 5.26 Å². The number of benzene rings is 2. The van der Waals surface area contributed by atoms with E-state index in [1.54, 1.807) is 47.4 Å². The summed E-state index contributed by atoms with van der Waals surface area (Å²) in [6.45, 7) is 0.913. The molecular formula is C27H22Cl2N4O4. The molecule has 2 aliphatic heterocycles. The van der Waals surface area contributed by atoms with Crippen LogP contribution in [0.1, 0.15) is 58.5 Å². The van der Waals surface area contributed by atoms with Gasteiger partial charge < -0.3 is 15.2 Å². The molecule has 2 fully saturated rings. The van der Waals surface area contributed by atoms with Crippen LogP contribution < -0.4 is 15.4 Å². The maximum absolute atomic E-state index is 13.2. The summed E-state index contributed by atoms with van der Waals surface area (Å²) in [4.78, 5) is 31.4. The summed E-state index contributed by atoms with van der Waals surface area (Å²) in [7, 11) is 0. The number of hydrogen-bond donors (Lipinski definition) is 1. The molecule has 0 spiro atoms. The van der Waals surface area contributed by atoms with Gasteiger partial charge in [-0.25, -0.2) is 4.98 Å². The Hall–Kier alpha value is -3.64. The first-order chi connectivity index (χ1) is 17.8. The first-order valence-corrected chi connectivity index (χ1v) is 12.5. The van der Waals surface area contributed by atoms with E-state index in [2.05, 4.69) is 11.1 Å². The summed E-state index contributed by atoms with van der Waals surface area (Å²) in [5, 5.41) is 10.2. The molecule has 0 aliphatic carbocycles. The van der Waals surface area contributed by atoms with Gasteiger partial charge in [-0.05, 0) is 49.2 Å². The number of carbonyl (C=O) groups is 2. The Morgan fingerprint density at radius 3 is 2.78 bits per heavy atom. The minimum absolute atomic E-state index is 0.159. The maximum atomic E-state index is 13.2. The van der Waals surface area contributed by atoms with E-state index in [-0.39, 0.29) is 46.2 Å². The number of ether oxygens (including phenoxy) is 2. The van der Waals surface area contributed by atoms with Crippen molar-refractivity contribution in [1.82, 2.24) is 4.98 Å². The quantitative estimate of drug-likeness (QED) is 0.442. The Kier molecular flexibility index (Phi) is 7.02. The zero-order chi connectivity index (χ0) is 26.1. The molecule has 0 saturated carbocycles. The van der Waals surface area contributed by atoms with Gasteiger partial charge in [0.15, 0.2) is 5.75 Å². The van der Waals surface area contributed by atoms with Crippen molar-refractivity contribution in [2.45, 2.75) is 31.3 Å². The van der Waals surface area contributed by atoms with Gasteiger partial charge in [-0.15, -0.1) is 0 Å². The van der Waals surface area contributed by atoms with E-state index in [0.29, 0.717) is 35.4 Å². The van der Waals surface area contributed by atoms with Gasteiger partial charge in [0.2, 0.25) is 11.8 Å². The smallest absolute Gasteiger partial charge is 0.248 e. The van der Waals surface area contributed by atoms with Crippen LogP contribution in [0.2, 0.25) is 10.0 Å². The molecule has 2 aliphatic rings.